The largest absolute Gasteiger partial charge is 0.478 e. The molecule has 4 nitrogen and oxygen atoms in total. The molecule has 0 heterocycles. The van der Waals surface area contributed by atoms with Crippen molar-refractivity contribution in [1.82, 2.24) is 10.2 Å². The summed E-state index contributed by atoms with van der Waals surface area (Å²) in [5.41, 5.74) is 1.26. The minimum Gasteiger partial charge on any atom is -0.478 e. The summed E-state index contributed by atoms with van der Waals surface area (Å²) in [7, 11) is 3.94. The van der Waals surface area contributed by atoms with Gasteiger partial charge in [-0.2, -0.15) is 0 Å². The van der Waals surface area contributed by atoms with E-state index in [-0.39, 0.29) is 0 Å². The molecule has 0 fully saturated rings. The van der Waals surface area contributed by atoms with Crippen LogP contribution < -0.4 is 5.32 Å². The average molecular weight is 236 g/mol. The zero-order valence-electron chi connectivity index (χ0n) is 10.4. The highest BCUT2D eigenvalue weighted by atomic mass is 16.4. The van der Waals surface area contributed by atoms with E-state index in [1.165, 1.54) is 0 Å². The molecule has 0 amide bonds. The summed E-state index contributed by atoms with van der Waals surface area (Å²) in [4.78, 5) is 13.2. The SMILES string of the molecule is CNCCCN(C)Cc1ccccc1C(=O)O. The highest BCUT2D eigenvalue weighted by Crippen LogP contribution is 2.11. The first-order valence-corrected chi connectivity index (χ1v) is 5.79. The number of rotatable bonds is 7. The minimum atomic E-state index is -0.857. The molecular weight excluding hydrogens is 216 g/mol. The van der Waals surface area contributed by atoms with Gasteiger partial charge in [0, 0.05) is 6.54 Å². The molecule has 0 aromatic heterocycles. The molecule has 1 rings (SSSR count). The Hall–Kier alpha value is -1.39. The normalized spacial score (nSPS) is 10.8. The van der Waals surface area contributed by atoms with Crippen LogP contribution >= 0.6 is 0 Å². The van der Waals surface area contributed by atoms with E-state index in [0.29, 0.717) is 12.1 Å². The lowest BCUT2D eigenvalue weighted by molar-refractivity contribution is 0.0694. The molecule has 2 N–H and O–H groups in total. The lowest BCUT2D eigenvalue weighted by Crippen LogP contribution is -2.23. The van der Waals surface area contributed by atoms with Crippen molar-refractivity contribution in [2.45, 2.75) is 13.0 Å². The van der Waals surface area contributed by atoms with Crippen LogP contribution in [0.3, 0.4) is 0 Å². The fraction of sp³-hybridized carbons (Fsp3) is 0.462. The van der Waals surface area contributed by atoms with Crippen molar-refractivity contribution in [2.75, 3.05) is 27.2 Å². The Bertz CT molecular complexity index is 366. The van der Waals surface area contributed by atoms with Crippen LogP contribution in [0.1, 0.15) is 22.3 Å². The van der Waals surface area contributed by atoms with Gasteiger partial charge in [-0.1, -0.05) is 18.2 Å². The predicted octanol–water partition coefficient (Wildman–Crippen LogP) is 1.43. The van der Waals surface area contributed by atoms with Gasteiger partial charge < -0.3 is 15.3 Å². The first-order valence-electron chi connectivity index (χ1n) is 5.79. The summed E-state index contributed by atoms with van der Waals surface area (Å²) in [6.45, 7) is 2.60. The van der Waals surface area contributed by atoms with Gasteiger partial charge in [0.25, 0.3) is 0 Å². The maximum absolute atomic E-state index is 11.0. The predicted molar refractivity (Wildman–Crippen MR) is 68.3 cm³/mol. The van der Waals surface area contributed by atoms with E-state index in [9.17, 15) is 4.79 Å². The van der Waals surface area contributed by atoms with Gasteiger partial charge in [0.15, 0.2) is 0 Å². The van der Waals surface area contributed by atoms with Gasteiger partial charge in [-0.15, -0.1) is 0 Å². The number of nitrogens with zero attached hydrogens (tertiary/aromatic N) is 1. The minimum absolute atomic E-state index is 0.396. The van der Waals surface area contributed by atoms with Crippen LogP contribution in [0, 0.1) is 0 Å². The number of nitrogens with one attached hydrogen (secondary N) is 1. The number of benzene rings is 1. The monoisotopic (exact) mass is 236 g/mol. The Balaban J connectivity index is 2.58. The van der Waals surface area contributed by atoms with Gasteiger partial charge in [0.05, 0.1) is 5.56 Å². The van der Waals surface area contributed by atoms with E-state index >= 15 is 0 Å². The zero-order chi connectivity index (χ0) is 12.7. The molecule has 0 saturated carbocycles. The quantitative estimate of drug-likeness (QED) is 0.703. The molecule has 17 heavy (non-hydrogen) atoms. The number of carbonyl (C=O) groups is 1. The van der Waals surface area contributed by atoms with Crippen molar-refractivity contribution >= 4 is 5.97 Å². The topological polar surface area (TPSA) is 52.6 Å². The van der Waals surface area contributed by atoms with Crippen LogP contribution in [0.5, 0.6) is 0 Å². The van der Waals surface area contributed by atoms with Crippen LogP contribution in [-0.4, -0.2) is 43.2 Å². The van der Waals surface area contributed by atoms with E-state index in [2.05, 4.69) is 10.2 Å². The fourth-order valence-corrected chi connectivity index (χ4v) is 1.76. The average Bonchev–Trinajstić information content (AvgIpc) is 2.29. The number of aromatic carboxylic acids is 1. The molecule has 0 aliphatic carbocycles. The molecule has 0 unspecified atom stereocenters. The summed E-state index contributed by atoms with van der Waals surface area (Å²) in [5.74, 6) is -0.857. The van der Waals surface area contributed by atoms with Gasteiger partial charge in [-0.3, -0.25) is 0 Å². The van der Waals surface area contributed by atoms with Crippen LogP contribution in [0.4, 0.5) is 0 Å². The van der Waals surface area contributed by atoms with Gasteiger partial charge in [-0.05, 0) is 45.2 Å². The molecule has 4 heteroatoms. The number of hydrogen-bond acceptors (Lipinski definition) is 3. The smallest absolute Gasteiger partial charge is 0.336 e. The lowest BCUT2D eigenvalue weighted by atomic mass is 10.1. The van der Waals surface area contributed by atoms with Crippen molar-refractivity contribution in [3.05, 3.63) is 35.4 Å². The van der Waals surface area contributed by atoms with E-state index in [0.717, 1.165) is 25.1 Å². The Morgan fingerprint density at radius 2 is 2.12 bits per heavy atom. The second kappa shape index (κ2) is 7.04. The van der Waals surface area contributed by atoms with Gasteiger partial charge in [0.1, 0.15) is 0 Å². The number of carboxylic acids is 1. The maximum atomic E-state index is 11.0. The summed E-state index contributed by atoms with van der Waals surface area (Å²) >= 11 is 0. The number of hydrogen-bond donors (Lipinski definition) is 2. The maximum Gasteiger partial charge on any atom is 0.336 e. The lowest BCUT2D eigenvalue weighted by Gasteiger charge is -2.17. The molecule has 0 atom stereocenters. The Kier molecular flexibility index (Phi) is 5.66. The third-order valence-electron chi connectivity index (χ3n) is 2.65. The van der Waals surface area contributed by atoms with Gasteiger partial charge in [0.2, 0.25) is 0 Å². The fourth-order valence-electron chi connectivity index (χ4n) is 1.76. The zero-order valence-corrected chi connectivity index (χ0v) is 10.4. The van der Waals surface area contributed by atoms with Crippen molar-refractivity contribution < 1.29 is 9.90 Å². The van der Waals surface area contributed by atoms with E-state index in [4.69, 9.17) is 5.11 Å². The van der Waals surface area contributed by atoms with Crippen LogP contribution in [0.2, 0.25) is 0 Å². The first-order chi connectivity index (χ1) is 8.15. The summed E-state index contributed by atoms with van der Waals surface area (Å²) in [6, 6.07) is 7.16. The third-order valence-corrected chi connectivity index (χ3v) is 2.65. The van der Waals surface area contributed by atoms with Crippen LogP contribution in [0.15, 0.2) is 24.3 Å². The highest BCUT2D eigenvalue weighted by Gasteiger charge is 2.10. The molecule has 0 bridgehead atoms. The first kappa shape index (κ1) is 13.7. The molecule has 0 aliphatic rings. The summed E-state index contributed by atoms with van der Waals surface area (Å²) < 4.78 is 0. The summed E-state index contributed by atoms with van der Waals surface area (Å²) in [6.07, 6.45) is 1.06. The second-order valence-corrected chi connectivity index (χ2v) is 4.16. The number of carboxylic acid groups (broad SMARTS) is 1. The van der Waals surface area contributed by atoms with E-state index in [1.807, 2.05) is 26.2 Å². The Labute approximate surface area is 102 Å². The molecule has 0 aliphatic heterocycles. The molecule has 1 aromatic rings. The van der Waals surface area contributed by atoms with Crippen molar-refractivity contribution in [3.63, 3.8) is 0 Å². The Morgan fingerprint density at radius 1 is 1.41 bits per heavy atom. The standard InChI is InChI=1S/C13H20N2O2/c1-14-8-5-9-15(2)10-11-6-3-4-7-12(11)13(16)17/h3-4,6-7,14H,5,8-10H2,1-2H3,(H,16,17). The van der Waals surface area contributed by atoms with E-state index in [1.54, 1.807) is 12.1 Å². The van der Waals surface area contributed by atoms with E-state index < -0.39 is 5.97 Å². The molecule has 0 saturated heterocycles. The van der Waals surface area contributed by atoms with Gasteiger partial charge >= 0.3 is 5.97 Å². The molecule has 94 valence electrons. The van der Waals surface area contributed by atoms with Crippen molar-refractivity contribution in [3.8, 4) is 0 Å². The van der Waals surface area contributed by atoms with Crippen LogP contribution in [-0.2, 0) is 6.54 Å². The third kappa shape index (κ3) is 4.54. The van der Waals surface area contributed by atoms with Crippen molar-refractivity contribution in [2.24, 2.45) is 0 Å². The van der Waals surface area contributed by atoms with Crippen LogP contribution in [0.25, 0.3) is 0 Å². The van der Waals surface area contributed by atoms with Gasteiger partial charge in [-0.25, -0.2) is 4.79 Å². The molecule has 0 radical (unpaired) electrons. The molecule has 0 spiro atoms. The van der Waals surface area contributed by atoms with Crippen molar-refractivity contribution in [1.29, 1.82) is 0 Å². The Morgan fingerprint density at radius 3 is 2.76 bits per heavy atom. The molecular formula is C13H20N2O2. The summed E-state index contributed by atoms with van der Waals surface area (Å²) in [5, 5.41) is 12.2. The second-order valence-electron chi connectivity index (χ2n) is 4.16. The highest BCUT2D eigenvalue weighted by molar-refractivity contribution is 5.89. The molecule has 1 aromatic carbocycles.